The van der Waals surface area contributed by atoms with E-state index in [0.717, 1.165) is 12.0 Å². The average molecular weight is 207 g/mol. The van der Waals surface area contributed by atoms with Gasteiger partial charge >= 0.3 is 0 Å². The molecule has 0 bridgehead atoms. The summed E-state index contributed by atoms with van der Waals surface area (Å²) in [5.41, 5.74) is 1.55. The lowest BCUT2D eigenvalue weighted by Crippen LogP contribution is -2.02. The summed E-state index contributed by atoms with van der Waals surface area (Å²) in [6, 6.07) is 4.93. The monoisotopic (exact) mass is 207 g/mol. The third-order valence-electron chi connectivity index (χ3n) is 2.19. The van der Waals surface area contributed by atoms with Crippen molar-refractivity contribution >= 4 is 11.5 Å². The number of rotatable bonds is 4. The fourth-order valence-electron chi connectivity index (χ4n) is 1.45. The number of aryl methyl sites for hydroxylation is 1. The van der Waals surface area contributed by atoms with Crippen LogP contribution in [-0.4, -0.2) is 10.7 Å². The minimum Gasteiger partial charge on any atom is -0.300 e. The number of nitrogens with zero attached hydrogens (tertiary/aromatic N) is 1. The second kappa shape index (κ2) is 4.68. The van der Waals surface area contributed by atoms with Gasteiger partial charge in [0.15, 0.2) is 0 Å². The Labute approximate surface area is 88.1 Å². The van der Waals surface area contributed by atoms with Gasteiger partial charge in [-0.05, 0) is 25.0 Å². The van der Waals surface area contributed by atoms with Crippen molar-refractivity contribution in [1.29, 1.82) is 0 Å². The van der Waals surface area contributed by atoms with Crippen molar-refractivity contribution in [3.05, 3.63) is 39.4 Å². The van der Waals surface area contributed by atoms with Crippen molar-refractivity contribution in [3.8, 4) is 0 Å². The molecule has 0 N–H and O–H groups in total. The van der Waals surface area contributed by atoms with E-state index in [1.54, 1.807) is 12.1 Å². The summed E-state index contributed by atoms with van der Waals surface area (Å²) in [5.74, 6) is -0.0636. The Morgan fingerprint density at radius 3 is 2.60 bits per heavy atom. The summed E-state index contributed by atoms with van der Waals surface area (Å²) in [5, 5.41) is 10.7. The van der Waals surface area contributed by atoms with Crippen LogP contribution in [0.5, 0.6) is 0 Å². The van der Waals surface area contributed by atoms with E-state index in [0.29, 0.717) is 5.56 Å². The number of hydrogen-bond donors (Lipinski definition) is 0. The number of carbonyl (C=O) groups excluding carboxylic acids is 1. The number of ketones is 1. The standard InChI is InChI=1S/C11H13NO3/c1-3-9-4-5-11(12(14)15)10(7-9)6-8(2)13/h4-5,7H,3,6H2,1-2H3. The van der Waals surface area contributed by atoms with Gasteiger partial charge in [0.2, 0.25) is 0 Å². The maximum absolute atomic E-state index is 11.0. The van der Waals surface area contributed by atoms with Crippen LogP contribution >= 0.6 is 0 Å². The summed E-state index contributed by atoms with van der Waals surface area (Å²) in [4.78, 5) is 21.2. The Balaban J connectivity index is 3.16. The van der Waals surface area contributed by atoms with Crippen LogP contribution in [0.2, 0.25) is 0 Å². The SMILES string of the molecule is CCc1ccc([N+](=O)[O-])c(CC(C)=O)c1. The molecular formula is C11H13NO3. The predicted octanol–water partition coefficient (Wildman–Crippen LogP) is 2.29. The second-order valence-corrected chi connectivity index (χ2v) is 3.45. The van der Waals surface area contributed by atoms with E-state index in [-0.39, 0.29) is 17.9 Å². The highest BCUT2D eigenvalue weighted by Crippen LogP contribution is 2.21. The van der Waals surface area contributed by atoms with Crippen LogP contribution in [0.1, 0.15) is 25.0 Å². The van der Waals surface area contributed by atoms with E-state index < -0.39 is 4.92 Å². The molecule has 1 rings (SSSR count). The third kappa shape index (κ3) is 2.87. The summed E-state index contributed by atoms with van der Waals surface area (Å²) < 4.78 is 0. The lowest BCUT2D eigenvalue weighted by atomic mass is 10.0. The number of nitro groups is 1. The largest absolute Gasteiger partial charge is 0.300 e. The minimum atomic E-state index is -0.447. The first-order chi connectivity index (χ1) is 7.04. The first kappa shape index (κ1) is 11.4. The van der Waals surface area contributed by atoms with Crippen LogP contribution in [0.3, 0.4) is 0 Å². The molecule has 4 heteroatoms. The van der Waals surface area contributed by atoms with Gasteiger partial charge in [-0.1, -0.05) is 13.0 Å². The van der Waals surface area contributed by atoms with E-state index in [4.69, 9.17) is 0 Å². The number of nitro benzene ring substituents is 1. The van der Waals surface area contributed by atoms with Gasteiger partial charge in [0.25, 0.3) is 5.69 Å². The van der Waals surface area contributed by atoms with Crippen LogP contribution in [0, 0.1) is 10.1 Å². The molecule has 0 aliphatic carbocycles. The molecule has 4 nitrogen and oxygen atoms in total. The number of Topliss-reactive ketones (excluding diaryl/α,β-unsaturated/α-hetero) is 1. The molecule has 0 radical (unpaired) electrons. The predicted molar refractivity (Wildman–Crippen MR) is 56.9 cm³/mol. The van der Waals surface area contributed by atoms with Crippen molar-refractivity contribution in [2.75, 3.05) is 0 Å². The molecule has 0 aromatic heterocycles. The van der Waals surface area contributed by atoms with Crippen molar-refractivity contribution in [1.82, 2.24) is 0 Å². The highest BCUT2D eigenvalue weighted by molar-refractivity contribution is 5.79. The molecule has 1 aromatic carbocycles. The van der Waals surface area contributed by atoms with Crippen LogP contribution in [0.15, 0.2) is 18.2 Å². The molecule has 0 spiro atoms. The normalized spacial score (nSPS) is 10.0. The Hall–Kier alpha value is -1.71. The quantitative estimate of drug-likeness (QED) is 0.562. The van der Waals surface area contributed by atoms with E-state index in [9.17, 15) is 14.9 Å². The first-order valence-corrected chi connectivity index (χ1v) is 4.80. The van der Waals surface area contributed by atoms with Crippen LogP contribution in [-0.2, 0) is 17.6 Å². The lowest BCUT2D eigenvalue weighted by molar-refractivity contribution is -0.385. The van der Waals surface area contributed by atoms with Crippen molar-refractivity contribution < 1.29 is 9.72 Å². The van der Waals surface area contributed by atoms with Gasteiger partial charge in [-0.15, -0.1) is 0 Å². The molecule has 0 aliphatic rings. The van der Waals surface area contributed by atoms with Gasteiger partial charge in [0.05, 0.1) is 4.92 Å². The zero-order chi connectivity index (χ0) is 11.4. The van der Waals surface area contributed by atoms with E-state index in [1.165, 1.54) is 13.0 Å². The summed E-state index contributed by atoms with van der Waals surface area (Å²) in [7, 11) is 0. The molecule has 0 saturated carbocycles. The Bertz CT molecular complexity index is 399. The topological polar surface area (TPSA) is 60.2 Å². The van der Waals surface area contributed by atoms with E-state index in [2.05, 4.69) is 0 Å². The average Bonchev–Trinajstić information content (AvgIpc) is 2.16. The van der Waals surface area contributed by atoms with E-state index in [1.807, 2.05) is 6.92 Å². The second-order valence-electron chi connectivity index (χ2n) is 3.45. The minimum absolute atomic E-state index is 0.0300. The summed E-state index contributed by atoms with van der Waals surface area (Å²) in [6.45, 7) is 3.40. The van der Waals surface area contributed by atoms with Gasteiger partial charge in [0, 0.05) is 18.1 Å². The lowest BCUT2D eigenvalue weighted by Gasteiger charge is -2.03. The van der Waals surface area contributed by atoms with E-state index >= 15 is 0 Å². The summed E-state index contributed by atoms with van der Waals surface area (Å²) >= 11 is 0. The third-order valence-corrected chi connectivity index (χ3v) is 2.19. The molecule has 0 unspecified atom stereocenters. The zero-order valence-electron chi connectivity index (χ0n) is 8.82. The van der Waals surface area contributed by atoms with Crippen LogP contribution < -0.4 is 0 Å². The van der Waals surface area contributed by atoms with Crippen molar-refractivity contribution in [2.24, 2.45) is 0 Å². The van der Waals surface area contributed by atoms with Gasteiger partial charge in [0.1, 0.15) is 5.78 Å². The molecule has 1 aromatic rings. The number of benzene rings is 1. The zero-order valence-corrected chi connectivity index (χ0v) is 8.82. The van der Waals surface area contributed by atoms with Crippen molar-refractivity contribution in [3.63, 3.8) is 0 Å². The Morgan fingerprint density at radius 2 is 2.13 bits per heavy atom. The Kier molecular flexibility index (Phi) is 3.55. The molecule has 0 heterocycles. The fourth-order valence-corrected chi connectivity index (χ4v) is 1.45. The molecular weight excluding hydrogens is 194 g/mol. The highest BCUT2D eigenvalue weighted by Gasteiger charge is 2.14. The maximum Gasteiger partial charge on any atom is 0.273 e. The molecule has 0 saturated heterocycles. The van der Waals surface area contributed by atoms with Crippen molar-refractivity contribution in [2.45, 2.75) is 26.7 Å². The highest BCUT2D eigenvalue weighted by atomic mass is 16.6. The van der Waals surface area contributed by atoms with Gasteiger partial charge in [-0.25, -0.2) is 0 Å². The molecule has 0 aliphatic heterocycles. The van der Waals surface area contributed by atoms with Crippen LogP contribution in [0.4, 0.5) is 5.69 Å². The molecule has 80 valence electrons. The van der Waals surface area contributed by atoms with Gasteiger partial charge in [-0.2, -0.15) is 0 Å². The molecule has 0 amide bonds. The maximum atomic E-state index is 11.0. The Morgan fingerprint density at radius 1 is 1.47 bits per heavy atom. The number of hydrogen-bond acceptors (Lipinski definition) is 3. The van der Waals surface area contributed by atoms with Gasteiger partial charge in [-0.3, -0.25) is 14.9 Å². The summed E-state index contributed by atoms with van der Waals surface area (Å²) in [6.07, 6.45) is 0.938. The molecule has 15 heavy (non-hydrogen) atoms. The molecule has 0 atom stereocenters. The fraction of sp³-hybridized carbons (Fsp3) is 0.364. The molecule has 0 fully saturated rings. The smallest absolute Gasteiger partial charge is 0.273 e. The first-order valence-electron chi connectivity index (χ1n) is 4.80. The van der Waals surface area contributed by atoms with Crippen LogP contribution in [0.25, 0.3) is 0 Å². The van der Waals surface area contributed by atoms with Gasteiger partial charge < -0.3 is 0 Å². The number of carbonyl (C=O) groups is 1.